The van der Waals surface area contributed by atoms with Crippen molar-refractivity contribution in [1.29, 1.82) is 0 Å². The maximum Gasteiger partial charge on any atom is 0.387 e. The van der Waals surface area contributed by atoms with Gasteiger partial charge in [-0.3, -0.25) is 4.79 Å². The van der Waals surface area contributed by atoms with Crippen molar-refractivity contribution >= 4 is 17.9 Å². The molecule has 0 fully saturated rings. The molecule has 0 spiro atoms. The normalized spacial score (nSPS) is 10.5. The highest BCUT2D eigenvalue weighted by molar-refractivity contribution is 6.32. The molecule has 3 nitrogen and oxygen atoms in total. The van der Waals surface area contributed by atoms with Gasteiger partial charge in [-0.15, -0.1) is 0 Å². The number of benzene rings is 1. The van der Waals surface area contributed by atoms with Gasteiger partial charge in [-0.05, 0) is 0 Å². The Kier molecular flexibility index (Phi) is 3.41. The molecule has 1 aromatic rings. The van der Waals surface area contributed by atoms with Gasteiger partial charge < -0.3 is 9.84 Å². The van der Waals surface area contributed by atoms with Gasteiger partial charge >= 0.3 is 6.61 Å². The lowest BCUT2D eigenvalue weighted by Crippen LogP contribution is -2.05. The van der Waals surface area contributed by atoms with Gasteiger partial charge in [-0.1, -0.05) is 11.6 Å². The Hall–Kier alpha value is -1.43. The van der Waals surface area contributed by atoms with Crippen LogP contribution in [0, 0.1) is 5.82 Å². The Balaban J connectivity index is 3.31. The van der Waals surface area contributed by atoms with Crippen LogP contribution in [0.5, 0.6) is 11.5 Å². The van der Waals surface area contributed by atoms with E-state index in [-0.39, 0.29) is 6.29 Å². The fraction of sp³-hybridized carbons (Fsp3) is 0.125. The van der Waals surface area contributed by atoms with Crippen molar-refractivity contribution in [2.45, 2.75) is 6.61 Å². The molecular formula is C8H4ClF3O3. The average molecular weight is 241 g/mol. The van der Waals surface area contributed by atoms with E-state index in [2.05, 4.69) is 4.74 Å². The first-order valence-corrected chi connectivity index (χ1v) is 3.96. The number of phenols is 1. The predicted molar refractivity (Wildman–Crippen MR) is 45.1 cm³/mol. The molecule has 0 unspecified atom stereocenters. The Morgan fingerprint density at radius 1 is 1.53 bits per heavy atom. The van der Waals surface area contributed by atoms with Crippen LogP contribution >= 0.6 is 11.6 Å². The molecule has 7 heteroatoms. The van der Waals surface area contributed by atoms with E-state index in [0.29, 0.717) is 6.07 Å². The Morgan fingerprint density at radius 3 is 2.60 bits per heavy atom. The number of rotatable bonds is 3. The summed E-state index contributed by atoms with van der Waals surface area (Å²) in [5.74, 6) is -2.85. The van der Waals surface area contributed by atoms with E-state index in [1.807, 2.05) is 0 Å². The van der Waals surface area contributed by atoms with Crippen LogP contribution in [-0.4, -0.2) is 18.0 Å². The van der Waals surface area contributed by atoms with Crippen LogP contribution in [0.3, 0.4) is 0 Å². The molecule has 1 N–H and O–H groups in total. The van der Waals surface area contributed by atoms with Crippen LogP contribution in [0.15, 0.2) is 6.07 Å². The molecular weight excluding hydrogens is 237 g/mol. The zero-order chi connectivity index (χ0) is 11.6. The summed E-state index contributed by atoms with van der Waals surface area (Å²) < 4.78 is 40.6. The molecule has 0 aliphatic rings. The lowest BCUT2D eigenvalue weighted by atomic mass is 10.2. The average Bonchev–Trinajstić information content (AvgIpc) is 2.14. The number of hydrogen-bond donors (Lipinski definition) is 1. The summed E-state index contributed by atoms with van der Waals surface area (Å²) in [4.78, 5) is 10.4. The Morgan fingerprint density at radius 2 is 2.13 bits per heavy atom. The van der Waals surface area contributed by atoms with Gasteiger partial charge in [-0.2, -0.15) is 8.78 Å². The molecule has 0 heterocycles. The maximum atomic E-state index is 13.1. The molecule has 1 aromatic carbocycles. The van der Waals surface area contributed by atoms with Crippen LogP contribution < -0.4 is 4.74 Å². The van der Waals surface area contributed by atoms with Crippen molar-refractivity contribution < 1.29 is 27.8 Å². The van der Waals surface area contributed by atoms with Crippen molar-refractivity contribution in [2.75, 3.05) is 0 Å². The first-order chi connectivity index (χ1) is 6.97. The molecule has 82 valence electrons. The molecule has 1 rings (SSSR count). The highest BCUT2D eigenvalue weighted by Gasteiger charge is 2.19. The minimum Gasteiger partial charge on any atom is -0.506 e. The molecule has 15 heavy (non-hydrogen) atoms. The van der Waals surface area contributed by atoms with Gasteiger partial charge in [-0.25, -0.2) is 4.39 Å². The minimum absolute atomic E-state index is 0.0294. The zero-order valence-electron chi connectivity index (χ0n) is 7.01. The minimum atomic E-state index is -3.23. The largest absolute Gasteiger partial charge is 0.506 e. The second kappa shape index (κ2) is 4.39. The van der Waals surface area contributed by atoms with Crippen molar-refractivity contribution in [3.05, 3.63) is 22.5 Å². The number of aromatic hydroxyl groups is 1. The number of phenolic OH excluding ortho intramolecular Hbond substituents is 1. The van der Waals surface area contributed by atoms with Crippen LogP contribution in [0.4, 0.5) is 13.2 Å². The molecule has 0 aromatic heterocycles. The second-order valence-electron chi connectivity index (χ2n) is 2.43. The number of aldehydes is 1. The van der Waals surface area contributed by atoms with E-state index in [1.54, 1.807) is 0 Å². The number of alkyl halides is 2. The highest BCUT2D eigenvalue weighted by Crippen LogP contribution is 2.35. The van der Waals surface area contributed by atoms with Gasteiger partial charge in [0.05, 0.1) is 5.56 Å². The quantitative estimate of drug-likeness (QED) is 0.826. The fourth-order valence-corrected chi connectivity index (χ4v) is 1.06. The molecule has 0 amide bonds. The van der Waals surface area contributed by atoms with Crippen LogP contribution in [-0.2, 0) is 0 Å². The fourth-order valence-electron chi connectivity index (χ4n) is 0.907. The molecule has 0 atom stereocenters. The van der Waals surface area contributed by atoms with E-state index in [1.165, 1.54) is 0 Å². The lowest BCUT2D eigenvalue weighted by Gasteiger charge is -2.09. The van der Waals surface area contributed by atoms with Gasteiger partial charge in [0.1, 0.15) is 16.5 Å². The predicted octanol–water partition coefficient (Wildman–Crippen LogP) is 2.60. The number of carbonyl (C=O) groups excluding carboxylic acids is 1. The van der Waals surface area contributed by atoms with E-state index in [9.17, 15) is 18.0 Å². The molecule has 0 saturated heterocycles. The molecule has 0 radical (unpaired) electrons. The monoisotopic (exact) mass is 240 g/mol. The Labute approximate surface area is 87.0 Å². The third-order valence-electron chi connectivity index (χ3n) is 1.52. The van der Waals surface area contributed by atoms with Crippen LogP contribution in [0.1, 0.15) is 10.4 Å². The van der Waals surface area contributed by atoms with Crippen LogP contribution in [0.2, 0.25) is 5.02 Å². The van der Waals surface area contributed by atoms with Crippen molar-refractivity contribution in [3.8, 4) is 11.5 Å². The van der Waals surface area contributed by atoms with E-state index in [4.69, 9.17) is 16.7 Å². The summed E-state index contributed by atoms with van der Waals surface area (Å²) >= 11 is 5.24. The summed E-state index contributed by atoms with van der Waals surface area (Å²) in [7, 11) is 0. The summed E-state index contributed by atoms with van der Waals surface area (Å²) in [5.41, 5.74) is -0.766. The van der Waals surface area contributed by atoms with Gasteiger partial charge in [0.25, 0.3) is 0 Å². The summed E-state index contributed by atoms with van der Waals surface area (Å²) in [6.45, 7) is -3.23. The summed E-state index contributed by atoms with van der Waals surface area (Å²) in [6, 6.07) is 0.640. The van der Waals surface area contributed by atoms with Gasteiger partial charge in [0, 0.05) is 6.07 Å². The van der Waals surface area contributed by atoms with Crippen LogP contribution in [0.25, 0.3) is 0 Å². The van der Waals surface area contributed by atoms with Gasteiger partial charge in [0.15, 0.2) is 12.1 Å². The highest BCUT2D eigenvalue weighted by atomic mass is 35.5. The molecule has 0 aliphatic carbocycles. The van der Waals surface area contributed by atoms with Gasteiger partial charge in [0.2, 0.25) is 0 Å². The number of hydrogen-bond acceptors (Lipinski definition) is 3. The first kappa shape index (κ1) is 11.6. The molecule has 0 aliphatic heterocycles. The topological polar surface area (TPSA) is 46.5 Å². The van der Waals surface area contributed by atoms with E-state index < -0.39 is 34.5 Å². The summed E-state index contributed by atoms with van der Waals surface area (Å²) in [5, 5.41) is 8.28. The maximum absolute atomic E-state index is 13.1. The molecule has 0 bridgehead atoms. The standard InChI is InChI=1S/C8H4ClF3O3/c9-6-4(14)1-5(15-8(11)12)3(2-13)7(6)10/h1-2,8,14H. The van der Waals surface area contributed by atoms with Crippen molar-refractivity contribution in [1.82, 2.24) is 0 Å². The number of halogens is 4. The smallest absolute Gasteiger partial charge is 0.387 e. The lowest BCUT2D eigenvalue weighted by molar-refractivity contribution is -0.0503. The third-order valence-corrected chi connectivity index (χ3v) is 1.88. The van der Waals surface area contributed by atoms with E-state index >= 15 is 0 Å². The Bertz CT molecular complexity index is 395. The second-order valence-corrected chi connectivity index (χ2v) is 2.81. The first-order valence-electron chi connectivity index (χ1n) is 3.58. The van der Waals surface area contributed by atoms with Crippen molar-refractivity contribution in [2.24, 2.45) is 0 Å². The van der Waals surface area contributed by atoms with Crippen molar-refractivity contribution in [3.63, 3.8) is 0 Å². The molecule has 0 saturated carbocycles. The van der Waals surface area contributed by atoms with E-state index in [0.717, 1.165) is 0 Å². The summed E-state index contributed by atoms with van der Waals surface area (Å²) in [6.07, 6.45) is -0.0294. The zero-order valence-corrected chi connectivity index (χ0v) is 7.76. The third kappa shape index (κ3) is 2.33. The number of ether oxygens (including phenoxy) is 1. The number of carbonyl (C=O) groups is 1. The SMILES string of the molecule is O=Cc1c(OC(F)F)cc(O)c(Cl)c1F.